The van der Waals surface area contributed by atoms with Crippen molar-refractivity contribution in [3.05, 3.63) is 29.3 Å². The third-order valence-electron chi connectivity index (χ3n) is 3.53. The molecule has 1 atom stereocenters. The number of ether oxygens (including phenoxy) is 1. The van der Waals surface area contributed by atoms with Crippen LogP contribution in [-0.4, -0.2) is 6.61 Å². The molecule has 1 unspecified atom stereocenters. The summed E-state index contributed by atoms with van der Waals surface area (Å²) in [5.74, 6) is 1.06. The lowest BCUT2D eigenvalue weighted by Crippen LogP contribution is -2.05. The molecular formula is C15H23NO. The summed E-state index contributed by atoms with van der Waals surface area (Å²) in [5.41, 5.74) is 8.69. The van der Waals surface area contributed by atoms with Gasteiger partial charge in [0.15, 0.2) is 0 Å². The van der Waals surface area contributed by atoms with Crippen LogP contribution in [0.5, 0.6) is 5.75 Å². The minimum absolute atomic E-state index is 0.216. The second kappa shape index (κ2) is 6.06. The Morgan fingerprint density at radius 2 is 2.18 bits per heavy atom. The van der Waals surface area contributed by atoms with Crippen molar-refractivity contribution in [2.75, 3.05) is 6.61 Å². The molecule has 0 spiro atoms. The van der Waals surface area contributed by atoms with Gasteiger partial charge in [0.05, 0.1) is 6.61 Å². The van der Waals surface area contributed by atoms with Crippen molar-refractivity contribution in [1.29, 1.82) is 0 Å². The van der Waals surface area contributed by atoms with Gasteiger partial charge in [0.25, 0.3) is 0 Å². The van der Waals surface area contributed by atoms with E-state index in [0.29, 0.717) is 0 Å². The first-order valence-corrected chi connectivity index (χ1v) is 6.83. The zero-order valence-corrected chi connectivity index (χ0v) is 10.7. The third kappa shape index (κ3) is 3.01. The summed E-state index contributed by atoms with van der Waals surface area (Å²) in [5, 5.41) is 0. The van der Waals surface area contributed by atoms with E-state index >= 15 is 0 Å². The van der Waals surface area contributed by atoms with E-state index in [2.05, 4.69) is 25.1 Å². The summed E-state index contributed by atoms with van der Waals surface area (Å²) in [6.45, 7) is 3.07. The Labute approximate surface area is 104 Å². The van der Waals surface area contributed by atoms with Crippen LogP contribution in [-0.2, 0) is 6.42 Å². The highest BCUT2D eigenvalue weighted by atomic mass is 16.5. The topological polar surface area (TPSA) is 35.2 Å². The minimum atomic E-state index is 0.216. The summed E-state index contributed by atoms with van der Waals surface area (Å²) < 4.78 is 5.89. The molecule has 0 saturated heterocycles. The van der Waals surface area contributed by atoms with Crippen LogP contribution in [0, 0.1) is 0 Å². The summed E-state index contributed by atoms with van der Waals surface area (Å²) in [6, 6.07) is 6.49. The number of hydrogen-bond acceptors (Lipinski definition) is 2. The van der Waals surface area contributed by atoms with Crippen LogP contribution in [0.4, 0.5) is 0 Å². The van der Waals surface area contributed by atoms with Crippen molar-refractivity contribution >= 4 is 0 Å². The summed E-state index contributed by atoms with van der Waals surface area (Å²) in [7, 11) is 0. The lowest BCUT2D eigenvalue weighted by molar-refractivity contribution is 0.302. The second-order valence-corrected chi connectivity index (χ2v) is 4.88. The van der Waals surface area contributed by atoms with Crippen molar-refractivity contribution in [3.63, 3.8) is 0 Å². The van der Waals surface area contributed by atoms with Gasteiger partial charge in [0.1, 0.15) is 5.75 Å². The Morgan fingerprint density at radius 1 is 1.29 bits per heavy atom. The first kappa shape index (κ1) is 12.4. The predicted molar refractivity (Wildman–Crippen MR) is 71.3 cm³/mol. The average molecular weight is 233 g/mol. The van der Waals surface area contributed by atoms with Crippen LogP contribution < -0.4 is 10.5 Å². The van der Waals surface area contributed by atoms with Gasteiger partial charge in [-0.2, -0.15) is 0 Å². The van der Waals surface area contributed by atoms with E-state index in [1.165, 1.54) is 30.4 Å². The lowest BCUT2D eigenvalue weighted by Gasteiger charge is -2.11. The summed E-state index contributed by atoms with van der Waals surface area (Å²) in [6.07, 6.45) is 7.14. The SMILES string of the molecule is CCCCCCOc1cccc2c1CCC2N. The van der Waals surface area contributed by atoms with Gasteiger partial charge in [0.2, 0.25) is 0 Å². The van der Waals surface area contributed by atoms with Crippen LogP contribution in [0.15, 0.2) is 18.2 Å². The van der Waals surface area contributed by atoms with E-state index in [0.717, 1.165) is 31.6 Å². The molecule has 1 aliphatic rings. The number of rotatable bonds is 6. The molecule has 0 fully saturated rings. The number of hydrogen-bond donors (Lipinski definition) is 1. The maximum atomic E-state index is 6.05. The highest BCUT2D eigenvalue weighted by Crippen LogP contribution is 2.35. The maximum absolute atomic E-state index is 6.05. The number of fused-ring (bicyclic) bond motifs is 1. The van der Waals surface area contributed by atoms with E-state index in [-0.39, 0.29) is 6.04 Å². The van der Waals surface area contributed by atoms with Crippen LogP contribution >= 0.6 is 0 Å². The van der Waals surface area contributed by atoms with Crippen molar-refractivity contribution < 1.29 is 4.74 Å². The quantitative estimate of drug-likeness (QED) is 0.762. The Bertz CT molecular complexity index is 362. The van der Waals surface area contributed by atoms with Gasteiger partial charge in [-0.1, -0.05) is 38.3 Å². The fourth-order valence-electron chi connectivity index (χ4n) is 2.50. The fraction of sp³-hybridized carbons (Fsp3) is 0.600. The van der Waals surface area contributed by atoms with Crippen LogP contribution in [0.3, 0.4) is 0 Å². The summed E-state index contributed by atoms with van der Waals surface area (Å²) in [4.78, 5) is 0. The zero-order chi connectivity index (χ0) is 12.1. The predicted octanol–water partition coefficient (Wildman–Crippen LogP) is 3.59. The van der Waals surface area contributed by atoms with Crippen LogP contribution in [0.1, 0.15) is 56.2 Å². The van der Waals surface area contributed by atoms with Crippen molar-refractivity contribution in [2.45, 2.75) is 51.5 Å². The average Bonchev–Trinajstić information content (AvgIpc) is 2.72. The Balaban J connectivity index is 1.89. The standard InChI is InChI=1S/C15H23NO/c1-2-3-4-5-11-17-15-8-6-7-12-13(15)9-10-14(12)16/h6-8,14H,2-5,9-11,16H2,1H3. The van der Waals surface area contributed by atoms with E-state index in [1.807, 2.05) is 0 Å². The van der Waals surface area contributed by atoms with E-state index in [4.69, 9.17) is 10.5 Å². The van der Waals surface area contributed by atoms with Crippen molar-refractivity contribution in [2.24, 2.45) is 5.73 Å². The fourth-order valence-corrected chi connectivity index (χ4v) is 2.50. The largest absolute Gasteiger partial charge is 0.493 e. The Kier molecular flexibility index (Phi) is 4.43. The number of unbranched alkanes of at least 4 members (excludes halogenated alkanes) is 3. The van der Waals surface area contributed by atoms with Crippen LogP contribution in [0.25, 0.3) is 0 Å². The molecule has 1 aromatic carbocycles. The highest BCUT2D eigenvalue weighted by molar-refractivity contribution is 5.44. The molecule has 94 valence electrons. The van der Waals surface area contributed by atoms with Gasteiger partial charge in [0, 0.05) is 6.04 Å². The molecular weight excluding hydrogens is 210 g/mol. The van der Waals surface area contributed by atoms with Gasteiger partial charge < -0.3 is 10.5 Å². The third-order valence-corrected chi connectivity index (χ3v) is 3.53. The van der Waals surface area contributed by atoms with Gasteiger partial charge in [-0.25, -0.2) is 0 Å². The smallest absolute Gasteiger partial charge is 0.122 e. The molecule has 1 aliphatic carbocycles. The molecule has 0 aliphatic heterocycles. The molecule has 0 radical (unpaired) electrons. The zero-order valence-electron chi connectivity index (χ0n) is 10.7. The van der Waals surface area contributed by atoms with E-state index in [9.17, 15) is 0 Å². The normalized spacial score (nSPS) is 18.1. The molecule has 2 heteroatoms. The molecule has 0 amide bonds. The van der Waals surface area contributed by atoms with Gasteiger partial charge in [-0.3, -0.25) is 0 Å². The first-order valence-electron chi connectivity index (χ1n) is 6.83. The molecule has 2 nitrogen and oxygen atoms in total. The van der Waals surface area contributed by atoms with E-state index < -0.39 is 0 Å². The second-order valence-electron chi connectivity index (χ2n) is 4.88. The molecule has 0 heterocycles. The lowest BCUT2D eigenvalue weighted by atomic mass is 10.1. The Hall–Kier alpha value is -1.02. The van der Waals surface area contributed by atoms with Gasteiger partial charge in [-0.05, 0) is 36.5 Å². The molecule has 2 N–H and O–H groups in total. The molecule has 0 saturated carbocycles. The first-order chi connectivity index (χ1) is 8.33. The molecule has 2 rings (SSSR count). The number of benzene rings is 1. The monoisotopic (exact) mass is 233 g/mol. The molecule has 1 aromatic rings. The number of nitrogens with two attached hydrogens (primary N) is 1. The Morgan fingerprint density at radius 3 is 3.00 bits per heavy atom. The van der Waals surface area contributed by atoms with E-state index in [1.54, 1.807) is 0 Å². The minimum Gasteiger partial charge on any atom is -0.493 e. The molecule has 0 bridgehead atoms. The molecule has 0 aromatic heterocycles. The van der Waals surface area contributed by atoms with Crippen molar-refractivity contribution in [1.82, 2.24) is 0 Å². The summed E-state index contributed by atoms with van der Waals surface area (Å²) >= 11 is 0. The van der Waals surface area contributed by atoms with Gasteiger partial charge >= 0.3 is 0 Å². The van der Waals surface area contributed by atoms with Crippen LogP contribution in [0.2, 0.25) is 0 Å². The molecule has 17 heavy (non-hydrogen) atoms. The van der Waals surface area contributed by atoms with Gasteiger partial charge in [-0.15, -0.1) is 0 Å². The van der Waals surface area contributed by atoms with Crippen molar-refractivity contribution in [3.8, 4) is 5.75 Å². The highest BCUT2D eigenvalue weighted by Gasteiger charge is 2.21. The maximum Gasteiger partial charge on any atom is 0.122 e.